The van der Waals surface area contributed by atoms with Crippen LogP contribution in [0.3, 0.4) is 0 Å². The van der Waals surface area contributed by atoms with Gasteiger partial charge in [-0.1, -0.05) is 32.0 Å². The third-order valence-corrected chi connectivity index (χ3v) is 12.1. The predicted octanol–water partition coefficient (Wildman–Crippen LogP) is 3.24. The predicted molar refractivity (Wildman–Crippen MR) is 196 cm³/mol. The van der Waals surface area contributed by atoms with Gasteiger partial charge in [-0.2, -0.15) is 13.2 Å². The van der Waals surface area contributed by atoms with E-state index in [0.29, 0.717) is 0 Å². The Hall–Kier alpha value is -4.79. The fraction of sp³-hybridized carbons (Fsp3) is 0.650. The molecule has 3 aliphatic carbocycles. The number of hydrogen-bond donors (Lipinski definition) is 4. The fourth-order valence-corrected chi connectivity index (χ4v) is 9.12. The number of aliphatic hydroxyl groups excluding tert-OH is 2. The third-order valence-electron chi connectivity index (χ3n) is 12.1. The smallest absolute Gasteiger partial charge is 0.456 e. The number of benzene rings is 1. The van der Waals surface area contributed by atoms with Crippen LogP contribution in [0, 0.1) is 16.7 Å². The Morgan fingerprint density at radius 2 is 1.62 bits per heavy atom. The third kappa shape index (κ3) is 7.93. The average molecular weight is 858 g/mol. The van der Waals surface area contributed by atoms with Crippen molar-refractivity contribution in [1.82, 2.24) is 5.32 Å². The number of fused-ring (bicyclic) bond motifs is 5. The van der Waals surface area contributed by atoms with Crippen molar-refractivity contribution in [2.45, 2.75) is 134 Å². The molecule has 0 aromatic heterocycles. The van der Waals surface area contributed by atoms with Crippen molar-refractivity contribution in [1.29, 1.82) is 0 Å². The molecule has 60 heavy (non-hydrogen) atoms. The second-order valence-electron chi connectivity index (χ2n) is 17.3. The number of aliphatic hydroxyl groups is 3. The van der Waals surface area contributed by atoms with Crippen LogP contribution in [-0.2, 0) is 47.5 Å². The molecule has 0 spiro atoms. The topological polar surface area (TPSA) is 240 Å². The molecule has 2 bridgehead atoms. The van der Waals surface area contributed by atoms with E-state index in [-0.39, 0.29) is 23.1 Å². The molecule has 1 aliphatic heterocycles. The van der Waals surface area contributed by atoms with Gasteiger partial charge in [-0.05, 0) is 57.9 Å². The quantitative estimate of drug-likeness (QED) is 0.167. The lowest BCUT2D eigenvalue weighted by Crippen LogP contribution is -2.82. The van der Waals surface area contributed by atoms with E-state index in [1.807, 2.05) is 0 Å². The lowest BCUT2D eigenvalue weighted by Gasteiger charge is -2.67. The normalized spacial score (nSPS) is 33.1. The van der Waals surface area contributed by atoms with Crippen molar-refractivity contribution in [3.8, 4) is 0 Å². The first-order valence-electron chi connectivity index (χ1n) is 19.0. The van der Waals surface area contributed by atoms with Gasteiger partial charge in [0.25, 0.3) is 0 Å². The minimum Gasteiger partial charge on any atom is -0.456 e. The number of ether oxygens (including phenoxy) is 7. The van der Waals surface area contributed by atoms with Gasteiger partial charge in [-0.3, -0.25) is 9.59 Å². The monoisotopic (exact) mass is 857 g/mol. The van der Waals surface area contributed by atoms with Crippen LogP contribution in [0.5, 0.6) is 0 Å². The summed E-state index contributed by atoms with van der Waals surface area (Å²) in [6.07, 6.45) is -21.7. The van der Waals surface area contributed by atoms with E-state index in [4.69, 9.17) is 33.2 Å². The number of carbonyl (C=O) groups excluding carboxylic acids is 6. The van der Waals surface area contributed by atoms with Gasteiger partial charge >= 0.3 is 36.3 Å². The van der Waals surface area contributed by atoms with Crippen LogP contribution >= 0.6 is 0 Å². The molecule has 0 radical (unpaired) electrons. The molecule has 11 atom stereocenters. The standard InChI is InChI=1S/C40H50F3NO16/c1-18-21(56-32(50)25(47)28(40(41,42)43)44-33(51)60-35(3,4)5)16-39(53)30(58-31(49)20-13-11-10-12-14-20)27-37(8,22(46)15-23-38(27,17-55-23)59-19(2)45)29(48)26(57-34(52)54-9)24(18)36(39,6)7/h10-14,21-23,25-28,30,46-47,53H,15-17H2,1-9H3,(H,44,51)/t21-,22-,23+,25+,26+,27-,28+,30-,37+,38-,39+/m0/s1. The summed E-state index contributed by atoms with van der Waals surface area (Å²) in [4.78, 5) is 81.3. The number of halogens is 3. The summed E-state index contributed by atoms with van der Waals surface area (Å²) in [6, 6.07) is 4.10. The second kappa shape index (κ2) is 15.9. The van der Waals surface area contributed by atoms with Gasteiger partial charge in [0.2, 0.25) is 0 Å². The van der Waals surface area contributed by atoms with Crippen molar-refractivity contribution >= 4 is 35.9 Å². The highest BCUT2D eigenvalue weighted by atomic mass is 19.4. The van der Waals surface area contributed by atoms with E-state index in [2.05, 4.69) is 0 Å². The number of methoxy groups -OCH3 is 1. The van der Waals surface area contributed by atoms with E-state index in [9.17, 15) is 52.5 Å². The number of esters is 3. The van der Waals surface area contributed by atoms with Gasteiger partial charge in [-0.25, -0.2) is 19.2 Å². The lowest BCUT2D eigenvalue weighted by molar-refractivity contribution is -0.346. The van der Waals surface area contributed by atoms with Gasteiger partial charge < -0.3 is 53.8 Å². The van der Waals surface area contributed by atoms with Crippen LogP contribution in [0.25, 0.3) is 0 Å². The number of alkyl carbamates (subject to hydrolysis) is 1. The molecule has 332 valence electrons. The number of carbonyl (C=O) groups is 6. The number of rotatable bonds is 8. The van der Waals surface area contributed by atoms with Crippen LogP contribution in [-0.4, -0.2) is 131 Å². The summed E-state index contributed by atoms with van der Waals surface area (Å²) >= 11 is 0. The molecule has 1 heterocycles. The van der Waals surface area contributed by atoms with Crippen molar-refractivity contribution < 1.29 is 90.4 Å². The Balaban J connectivity index is 1.75. The van der Waals surface area contributed by atoms with Crippen molar-refractivity contribution in [3.63, 3.8) is 0 Å². The van der Waals surface area contributed by atoms with Crippen LogP contribution in [0.2, 0.25) is 0 Å². The Labute approximate surface area is 342 Å². The zero-order chi connectivity index (χ0) is 45.1. The summed E-state index contributed by atoms with van der Waals surface area (Å²) in [5, 5.41) is 37.7. The summed E-state index contributed by atoms with van der Waals surface area (Å²) in [7, 11) is 0.929. The molecule has 0 unspecified atom stereocenters. The van der Waals surface area contributed by atoms with Gasteiger partial charge in [0.15, 0.2) is 29.6 Å². The van der Waals surface area contributed by atoms with E-state index in [1.54, 1.807) is 6.07 Å². The first-order valence-corrected chi connectivity index (χ1v) is 19.0. The molecule has 3 fully saturated rings. The van der Waals surface area contributed by atoms with E-state index in [1.165, 1.54) is 78.0 Å². The summed E-state index contributed by atoms with van der Waals surface area (Å²) in [6.45, 7) is 9.99. The Kier molecular flexibility index (Phi) is 12.3. The second-order valence-corrected chi connectivity index (χ2v) is 17.3. The Morgan fingerprint density at radius 3 is 2.13 bits per heavy atom. The van der Waals surface area contributed by atoms with Gasteiger partial charge in [-0.15, -0.1) is 0 Å². The fourth-order valence-electron chi connectivity index (χ4n) is 9.12. The van der Waals surface area contributed by atoms with Crippen molar-refractivity contribution in [2.24, 2.45) is 16.7 Å². The van der Waals surface area contributed by atoms with Crippen LogP contribution in [0.1, 0.15) is 78.6 Å². The number of amides is 1. The largest absolute Gasteiger partial charge is 0.509 e. The van der Waals surface area contributed by atoms with Crippen LogP contribution < -0.4 is 5.32 Å². The van der Waals surface area contributed by atoms with E-state index >= 15 is 4.79 Å². The maximum atomic E-state index is 15.3. The highest BCUT2D eigenvalue weighted by molar-refractivity contribution is 5.95. The highest BCUT2D eigenvalue weighted by Gasteiger charge is 2.78. The Bertz CT molecular complexity index is 1930. The maximum absolute atomic E-state index is 15.3. The summed E-state index contributed by atoms with van der Waals surface area (Å²) in [5.74, 6) is -6.74. The van der Waals surface area contributed by atoms with Crippen molar-refractivity contribution in [2.75, 3.05) is 13.7 Å². The minimum atomic E-state index is -5.46. The first kappa shape index (κ1) is 46.3. The first-order chi connectivity index (χ1) is 27.6. The van der Waals surface area contributed by atoms with E-state index < -0.39 is 131 Å². The number of Topliss-reactive ketones (excluding diaryl/α,β-unsaturated/α-hetero) is 1. The molecule has 4 aliphatic rings. The SMILES string of the molecule is COC(=O)O[C@H]1C(=O)[C@@]2(C)[C@H]([C@H](OC(=O)c3ccccc3)[C@]3(O)C[C@H](OC(=O)[C@H](O)[C@@H](NC(=O)OC(C)(C)C)C(F)(F)F)C(C)=C1C3(C)C)[C@]1(OC(C)=O)CO[C@@H]1C[C@@H]2O. The molecular weight excluding hydrogens is 807 g/mol. The van der Waals surface area contributed by atoms with Gasteiger partial charge in [0.1, 0.15) is 29.5 Å². The molecule has 17 nitrogen and oxygen atoms in total. The number of alkyl halides is 3. The van der Waals surface area contributed by atoms with Crippen molar-refractivity contribution in [3.05, 3.63) is 47.0 Å². The number of hydrogen-bond acceptors (Lipinski definition) is 16. The highest BCUT2D eigenvalue weighted by Crippen LogP contribution is 2.64. The lowest BCUT2D eigenvalue weighted by atomic mass is 9.44. The molecule has 1 amide bonds. The minimum absolute atomic E-state index is 0.0512. The Morgan fingerprint density at radius 1 is 1.00 bits per heavy atom. The zero-order valence-electron chi connectivity index (χ0n) is 34.4. The summed E-state index contributed by atoms with van der Waals surface area (Å²) in [5.41, 5.74) is -10.5. The van der Waals surface area contributed by atoms with E-state index in [0.717, 1.165) is 14.0 Å². The average Bonchev–Trinajstić information content (AvgIpc) is 3.13. The molecule has 4 N–H and O–H groups in total. The number of nitrogens with one attached hydrogen (secondary N) is 1. The van der Waals surface area contributed by atoms with Crippen LogP contribution in [0.4, 0.5) is 22.8 Å². The molecular formula is C40H50F3NO16. The van der Waals surface area contributed by atoms with Gasteiger partial charge in [0.05, 0.1) is 36.7 Å². The zero-order valence-corrected chi connectivity index (χ0v) is 34.4. The molecule has 2 saturated carbocycles. The molecule has 1 aromatic carbocycles. The maximum Gasteiger partial charge on any atom is 0.509 e. The number of ketones is 1. The molecule has 1 aromatic rings. The summed E-state index contributed by atoms with van der Waals surface area (Å²) < 4.78 is 81.6. The molecule has 5 rings (SSSR count). The van der Waals surface area contributed by atoms with Gasteiger partial charge in [0, 0.05) is 25.2 Å². The van der Waals surface area contributed by atoms with Crippen LogP contribution in [0.15, 0.2) is 41.5 Å². The molecule has 1 saturated heterocycles. The molecule has 20 heteroatoms.